The highest BCUT2D eigenvalue weighted by Crippen LogP contribution is 2.30. The highest BCUT2D eigenvalue weighted by atomic mass is 32.1. The molecular weight excluding hydrogens is 416 g/mol. The summed E-state index contributed by atoms with van der Waals surface area (Å²) in [5.41, 5.74) is 0.968. The van der Waals surface area contributed by atoms with E-state index in [-0.39, 0.29) is 11.3 Å². The number of carbonyl (C=O) groups is 2. The molecule has 0 unspecified atom stereocenters. The minimum absolute atomic E-state index is 0.0961. The van der Waals surface area contributed by atoms with Gasteiger partial charge < -0.3 is 19.5 Å². The topological polar surface area (TPSA) is 97.6 Å². The number of amides is 1. The van der Waals surface area contributed by atoms with E-state index in [1.807, 2.05) is 6.07 Å². The average molecular weight is 434 g/mol. The largest absolute Gasteiger partial charge is 0.497 e. The Bertz CT molecular complexity index is 1150. The van der Waals surface area contributed by atoms with Gasteiger partial charge in [0.15, 0.2) is 11.5 Å². The van der Waals surface area contributed by atoms with E-state index in [2.05, 4.69) is 5.32 Å². The maximum atomic E-state index is 12.5. The number of hydrogen-bond acceptors (Lipinski definition) is 7. The van der Waals surface area contributed by atoms with Gasteiger partial charge in [-0.3, -0.25) is 4.79 Å². The molecule has 31 heavy (non-hydrogen) atoms. The molecule has 3 rings (SSSR count). The van der Waals surface area contributed by atoms with Crippen molar-refractivity contribution >= 4 is 35.0 Å². The zero-order valence-corrected chi connectivity index (χ0v) is 17.6. The van der Waals surface area contributed by atoms with Crippen molar-refractivity contribution in [2.75, 3.05) is 19.5 Å². The van der Waals surface area contributed by atoms with Crippen molar-refractivity contribution in [1.82, 2.24) is 0 Å². The summed E-state index contributed by atoms with van der Waals surface area (Å²) in [4.78, 5) is 25.1. The molecule has 0 atom stereocenters. The first-order valence-electron chi connectivity index (χ1n) is 9.05. The van der Waals surface area contributed by atoms with Crippen molar-refractivity contribution in [1.29, 1.82) is 5.26 Å². The number of hydrogen-bond donors (Lipinski definition) is 1. The van der Waals surface area contributed by atoms with E-state index in [1.54, 1.807) is 67.1 Å². The molecule has 0 fully saturated rings. The minimum Gasteiger partial charge on any atom is -0.497 e. The van der Waals surface area contributed by atoms with E-state index in [0.29, 0.717) is 27.6 Å². The van der Waals surface area contributed by atoms with Gasteiger partial charge in [-0.1, -0.05) is 12.1 Å². The first kappa shape index (κ1) is 21.6. The monoisotopic (exact) mass is 434 g/mol. The fourth-order valence-electron chi connectivity index (χ4n) is 2.59. The normalized spacial score (nSPS) is 10.7. The standard InChI is InChI=1S/C23H18N2O5S/c1-28-18-8-6-17(7-9-18)25-22(26)16(14-24)12-15-5-10-19(20(13-15)29-2)30-23(27)21-4-3-11-31-21/h3-13H,1-2H3,(H,25,26). The third-order valence-corrected chi connectivity index (χ3v) is 4.99. The van der Waals surface area contributed by atoms with Gasteiger partial charge in [0.2, 0.25) is 0 Å². The van der Waals surface area contributed by atoms with Gasteiger partial charge in [-0.2, -0.15) is 5.26 Å². The number of thiophene rings is 1. The molecule has 0 aliphatic rings. The lowest BCUT2D eigenvalue weighted by molar-refractivity contribution is -0.112. The Morgan fingerprint density at radius 1 is 1.03 bits per heavy atom. The minimum atomic E-state index is -0.556. The summed E-state index contributed by atoms with van der Waals surface area (Å²) in [5.74, 6) is 0.139. The van der Waals surface area contributed by atoms with Crippen LogP contribution in [0.2, 0.25) is 0 Å². The maximum Gasteiger partial charge on any atom is 0.353 e. The second-order valence-electron chi connectivity index (χ2n) is 6.13. The Morgan fingerprint density at radius 2 is 1.81 bits per heavy atom. The number of nitrogens with one attached hydrogen (secondary N) is 1. The second-order valence-corrected chi connectivity index (χ2v) is 7.08. The number of rotatable bonds is 7. The molecule has 0 spiro atoms. The molecule has 0 saturated carbocycles. The quantitative estimate of drug-likeness (QED) is 0.254. The first-order chi connectivity index (χ1) is 15.0. The van der Waals surface area contributed by atoms with E-state index in [9.17, 15) is 14.9 Å². The summed E-state index contributed by atoms with van der Waals surface area (Å²) in [6.45, 7) is 0. The molecule has 2 aromatic carbocycles. The summed E-state index contributed by atoms with van der Waals surface area (Å²) >= 11 is 1.27. The molecule has 1 amide bonds. The fraction of sp³-hybridized carbons (Fsp3) is 0.0870. The lowest BCUT2D eigenvalue weighted by Crippen LogP contribution is -2.13. The lowest BCUT2D eigenvalue weighted by Gasteiger charge is -2.10. The Hall–Kier alpha value is -4.09. The Morgan fingerprint density at radius 3 is 2.42 bits per heavy atom. The van der Waals surface area contributed by atoms with Crippen LogP contribution in [0.15, 0.2) is 65.6 Å². The Kier molecular flexibility index (Phi) is 7.04. The van der Waals surface area contributed by atoms with Crippen molar-refractivity contribution in [3.05, 3.63) is 76.0 Å². The summed E-state index contributed by atoms with van der Waals surface area (Å²) in [6.07, 6.45) is 1.42. The van der Waals surface area contributed by atoms with Gasteiger partial charge >= 0.3 is 5.97 Å². The average Bonchev–Trinajstić information content (AvgIpc) is 3.34. The van der Waals surface area contributed by atoms with Gasteiger partial charge in [0.1, 0.15) is 22.3 Å². The van der Waals surface area contributed by atoms with E-state index < -0.39 is 11.9 Å². The molecule has 0 aliphatic carbocycles. The van der Waals surface area contributed by atoms with E-state index in [4.69, 9.17) is 14.2 Å². The van der Waals surface area contributed by atoms with Crippen LogP contribution >= 0.6 is 11.3 Å². The smallest absolute Gasteiger partial charge is 0.353 e. The molecule has 0 saturated heterocycles. The van der Waals surface area contributed by atoms with E-state index >= 15 is 0 Å². The van der Waals surface area contributed by atoms with Crippen LogP contribution in [-0.2, 0) is 4.79 Å². The molecule has 7 nitrogen and oxygen atoms in total. The summed E-state index contributed by atoms with van der Waals surface area (Å²) in [5, 5.41) is 13.9. The maximum absolute atomic E-state index is 12.5. The lowest BCUT2D eigenvalue weighted by atomic mass is 10.1. The van der Waals surface area contributed by atoms with Crippen LogP contribution in [0.3, 0.4) is 0 Å². The molecule has 0 aliphatic heterocycles. The van der Waals surface area contributed by atoms with Crippen LogP contribution in [-0.4, -0.2) is 26.1 Å². The highest BCUT2D eigenvalue weighted by Gasteiger charge is 2.15. The van der Waals surface area contributed by atoms with Gasteiger partial charge in [-0.15, -0.1) is 11.3 Å². The number of nitriles is 1. The molecule has 1 heterocycles. The molecular formula is C23H18N2O5S. The number of carbonyl (C=O) groups excluding carboxylic acids is 2. The zero-order valence-electron chi connectivity index (χ0n) is 16.7. The van der Waals surface area contributed by atoms with Crippen molar-refractivity contribution in [2.45, 2.75) is 0 Å². The molecule has 0 radical (unpaired) electrons. The second kappa shape index (κ2) is 10.1. The molecule has 1 N–H and O–H groups in total. The van der Waals surface area contributed by atoms with E-state index in [0.717, 1.165) is 0 Å². The summed E-state index contributed by atoms with van der Waals surface area (Å²) in [6, 6.07) is 16.8. The third-order valence-electron chi connectivity index (χ3n) is 4.14. The molecule has 1 aromatic heterocycles. The van der Waals surface area contributed by atoms with Gasteiger partial charge in [0.05, 0.1) is 14.2 Å². The first-order valence-corrected chi connectivity index (χ1v) is 9.93. The zero-order chi connectivity index (χ0) is 22.2. The third kappa shape index (κ3) is 5.50. The van der Waals surface area contributed by atoms with E-state index in [1.165, 1.54) is 24.5 Å². The highest BCUT2D eigenvalue weighted by molar-refractivity contribution is 7.12. The number of benzene rings is 2. The molecule has 8 heteroatoms. The summed E-state index contributed by atoms with van der Waals surface area (Å²) in [7, 11) is 2.99. The Labute approximate surface area is 183 Å². The van der Waals surface area contributed by atoms with Crippen LogP contribution in [0, 0.1) is 11.3 Å². The van der Waals surface area contributed by atoms with Crippen molar-refractivity contribution in [2.24, 2.45) is 0 Å². The van der Waals surface area contributed by atoms with Crippen molar-refractivity contribution in [3.8, 4) is 23.3 Å². The van der Waals surface area contributed by atoms with Crippen molar-refractivity contribution < 1.29 is 23.8 Å². The van der Waals surface area contributed by atoms with Crippen LogP contribution in [0.5, 0.6) is 17.2 Å². The Balaban J connectivity index is 1.77. The SMILES string of the molecule is COc1ccc(NC(=O)C(C#N)=Cc2ccc(OC(=O)c3cccs3)c(OC)c2)cc1. The van der Waals surface area contributed by atoms with Crippen LogP contribution < -0.4 is 19.5 Å². The molecule has 3 aromatic rings. The predicted molar refractivity (Wildman–Crippen MR) is 117 cm³/mol. The van der Waals surface area contributed by atoms with Gasteiger partial charge in [0, 0.05) is 5.69 Å². The fourth-order valence-corrected chi connectivity index (χ4v) is 3.19. The number of methoxy groups -OCH3 is 2. The number of ether oxygens (including phenoxy) is 3. The van der Waals surface area contributed by atoms with Crippen LogP contribution in [0.4, 0.5) is 5.69 Å². The predicted octanol–water partition coefficient (Wildman–Crippen LogP) is 4.53. The van der Waals surface area contributed by atoms with Crippen LogP contribution in [0.1, 0.15) is 15.2 Å². The van der Waals surface area contributed by atoms with Gasteiger partial charge in [0.25, 0.3) is 5.91 Å². The van der Waals surface area contributed by atoms with Crippen LogP contribution in [0.25, 0.3) is 6.08 Å². The molecule has 156 valence electrons. The molecule has 0 bridgehead atoms. The van der Waals surface area contributed by atoms with Crippen molar-refractivity contribution in [3.63, 3.8) is 0 Å². The number of nitrogens with zero attached hydrogens (tertiary/aromatic N) is 1. The van der Waals surface area contributed by atoms with Gasteiger partial charge in [-0.25, -0.2) is 4.79 Å². The number of anilines is 1. The number of esters is 1. The van der Waals surface area contributed by atoms with Gasteiger partial charge in [-0.05, 0) is 59.5 Å². The summed E-state index contributed by atoms with van der Waals surface area (Å²) < 4.78 is 15.8.